The van der Waals surface area contributed by atoms with Gasteiger partial charge in [0.05, 0.1) is 0 Å². The summed E-state index contributed by atoms with van der Waals surface area (Å²) < 4.78 is 4.98. The van der Waals surface area contributed by atoms with E-state index in [2.05, 4.69) is 96.0 Å². The summed E-state index contributed by atoms with van der Waals surface area (Å²) in [5.74, 6) is 0. The molecular weight excluding hydrogens is 617 g/mol. The molecule has 274 valence electrons. The summed E-state index contributed by atoms with van der Waals surface area (Å²) in [6, 6.07) is 23.8. The molecule has 4 aromatic carbocycles. The van der Waals surface area contributed by atoms with Crippen molar-refractivity contribution in [3.05, 3.63) is 73.1 Å². The third-order valence-electron chi connectivity index (χ3n) is 11.9. The van der Waals surface area contributed by atoms with Crippen molar-refractivity contribution in [1.29, 1.82) is 0 Å². The SMILES string of the molecule is CCCCCCCCCCCCCCCn1ccc2c3ccc4c(ccc5c4ccc4c5ccn4CCCCCCCCCCCC)c3ccc21. The fourth-order valence-electron chi connectivity index (χ4n) is 8.86. The van der Waals surface area contributed by atoms with Gasteiger partial charge in [-0.3, -0.25) is 0 Å². The maximum Gasteiger partial charge on any atom is 0.0486 e. The van der Waals surface area contributed by atoms with Gasteiger partial charge in [0.1, 0.15) is 0 Å². The van der Waals surface area contributed by atoms with Crippen molar-refractivity contribution < 1.29 is 0 Å². The topological polar surface area (TPSA) is 9.86 Å². The molecule has 0 radical (unpaired) electrons. The summed E-state index contributed by atoms with van der Waals surface area (Å²) in [6.07, 6.45) is 36.8. The fraction of sp³-hybridized carbons (Fsp3) is 0.551. The van der Waals surface area contributed by atoms with Gasteiger partial charge >= 0.3 is 0 Å². The first kappa shape index (κ1) is 37.5. The van der Waals surface area contributed by atoms with Gasteiger partial charge in [-0.25, -0.2) is 0 Å². The zero-order chi connectivity index (χ0) is 35.1. The molecule has 2 aromatic heterocycles. The molecule has 0 saturated carbocycles. The van der Waals surface area contributed by atoms with Crippen LogP contribution in [0, 0.1) is 0 Å². The second-order valence-electron chi connectivity index (χ2n) is 15.9. The zero-order valence-corrected chi connectivity index (χ0v) is 32.5. The van der Waals surface area contributed by atoms with E-state index in [0.29, 0.717) is 0 Å². The number of benzene rings is 4. The summed E-state index contributed by atoms with van der Waals surface area (Å²) in [5.41, 5.74) is 2.76. The fourth-order valence-corrected chi connectivity index (χ4v) is 8.86. The van der Waals surface area contributed by atoms with Gasteiger partial charge in [-0.05, 0) is 69.4 Å². The first-order valence-electron chi connectivity index (χ1n) is 21.6. The Morgan fingerprint density at radius 3 is 0.843 bits per heavy atom. The summed E-state index contributed by atoms with van der Waals surface area (Å²) in [7, 11) is 0. The Bertz CT molecular complexity index is 1920. The quantitative estimate of drug-likeness (QED) is 0.0420. The van der Waals surface area contributed by atoms with Crippen molar-refractivity contribution in [2.45, 2.75) is 175 Å². The van der Waals surface area contributed by atoms with E-state index >= 15 is 0 Å². The molecule has 0 spiro atoms. The van der Waals surface area contributed by atoms with Crippen molar-refractivity contribution in [2.24, 2.45) is 0 Å². The van der Waals surface area contributed by atoms with Crippen molar-refractivity contribution in [3.8, 4) is 0 Å². The predicted octanol–water partition coefficient (Wildman–Crippen LogP) is 16.1. The standard InChI is InChI=1S/C49H68N2/c1-3-5-7-9-11-13-15-16-17-19-21-23-25-37-51-39-35-47-45-29-27-40-41(43(45)31-33-49(47)51)26-28-44-42(40)30-32-48-46(44)34-38-50(48)36-24-22-20-18-14-12-10-8-6-4-2/h26-35,38-39H,3-25,36-37H2,1-2H3. The van der Waals surface area contributed by atoms with Crippen LogP contribution in [0.15, 0.2) is 73.1 Å². The Hall–Kier alpha value is -3.26. The molecule has 2 heterocycles. The predicted molar refractivity (Wildman–Crippen MR) is 227 cm³/mol. The molecule has 0 unspecified atom stereocenters. The van der Waals surface area contributed by atoms with Crippen LogP contribution in [0.25, 0.3) is 54.1 Å². The summed E-state index contributed by atoms with van der Waals surface area (Å²) in [5, 5.41) is 11.0. The molecule has 6 aromatic rings. The molecule has 0 aliphatic heterocycles. The summed E-state index contributed by atoms with van der Waals surface area (Å²) in [4.78, 5) is 0. The lowest BCUT2D eigenvalue weighted by atomic mass is 9.94. The van der Waals surface area contributed by atoms with Crippen molar-refractivity contribution >= 4 is 54.1 Å². The van der Waals surface area contributed by atoms with E-state index in [1.165, 1.54) is 202 Å². The Balaban J connectivity index is 1.02. The smallest absolute Gasteiger partial charge is 0.0486 e. The molecular formula is C49H68N2. The molecule has 0 aliphatic carbocycles. The van der Waals surface area contributed by atoms with Gasteiger partial charge in [0.15, 0.2) is 0 Å². The van der Waals surface area contributed by atoms with Crippen LogP contribution >= 0.6 is 0 Å². The largest absolute Gasteiger partial charge is 0.347 e. The van der Waals surface area contributed by atoms with Crippen molar-refractivity contribution in [3.63, 3.8) is 0 Å². The number of aromatic nitrogens is 2. The highest BCUT2D eigenvalue weighted by molar-refractivity contribution is 6.24. The maximum absolute atomic E-state index is 2.49. The Morgan fingerprint density at radius 2 is 0.529 bits per heavy atom. The molecule has 51 heavy (non-hydrogen) atoms. The van der Waals surface area contributed by atoms with Gasteiger partial charge in [-0.2, -0.15) is 0 Å². The molecule has 0 bridgehead atoms. The molecule has 0 atom stereocenters. The second kappa shape index (κ2) is 20.1. The minimum Gasteiger partial charge on any atom is -0.347 e. The third kappa shape index (κ3) is 9.79. The zero-order valence-electron chi connectivity index (χ0n) is 32.5. The average Bonchev–Trinajstić information content (AvgIpc) is 3.78. The minimum atomic E-state index is 1.12. The average molecular weight is 685 g/mol. The van der Waals surface area contributed by atoms with Gasteiger partial charge in [0, 0.05) is 47.3 Å². The van der Waals surface area contributed by atoms with Crippen LogP contribution in [0.1, 0.15) is 162 Å². The summed E-state index contributed by atoms with van der Waals surface area (Å²) >= 11 is 0. The Kier molecular flexibility index (Phi) is 14.8. The van der Waals surface area contributed by atoms with Crippen LogP contribution in [0.2, 0.25) is 0 Å². The van der Waals surface area contributed by atoms with Gasteiger partial charge in [-0.1, -0.05) is 185 Å². The number of fused-ring (bicyclic) bond motifs is 9. The lowest BCUT2D eigenvalue weighted by Gasteiger charge is -2.11. The molecule has 2 nitrogen and oxygen atoms in total. The highest BCUT2D eigenvalue weighted by Crippen LogP contribution is 2.37. The molecule has 0 aliphatic rings. The van der Waals surface area contributed by atoms with E-state index in [4.69, 9.17) is 0 Å². The Morgan fingerprint density at radius 1 is 0.275 bits per heavy atom. The monoisotopic (exact) mass is 685 g/mol. The van der Waals surface area contributed by atoms with Gasteiger partial charge in [-0.15, -0.1) is 0 Å². The molecule has 0 saturated heterocycles. The van der Waals surface area contributed by atoms with Crippen molar-refractivity contribution in [2.75, 3.05) is 0 Å². The number of hydrogen-bond donors (Lipinski definition) is 0. The van der Waals surface area contributed by atoms with E-state index in [1.54, 1.807) is 0 Å². The highest BCUT2D eigenvalue weighted by Gasteiger charge is 2.12. The van der Waals surface area contributed by atoms with E-state index < -0.39 is 0 Å². The van der Waals surface area contributed by atoms with Crippen LogP contribution < -0.4 is 0 Å². The van der Waals surface area contributed by atoms with E-state index in [-0.39, 0.29) is 0 Å². The van der Waals surface area contributed by atoms with Crippen molar-refractivity contribution in [1.82, 2.24) is 9.13 Å². The highest BCUT2D eigenvalue weighted by atomic mass is 15.0. The van der Waals surface area contributed by atoms with E-state index in [1.807, 2.05) is 0 Å². The first-order chi connectivity index (χ1) is 25.3. The lowest BCUT2D eigenvalue weighted by molar-refractivity contribution is 0.529. The van der Waals surface area contributed by atoms with Crippen LogP contribution in [0.5, 0.6) is 0 Å². The van der Waals surface area contributed by atoms with Crippen LogP contribution in [-0.2, 0) is 13.1 Å². The number of hydrogen-bond acceptors (Lipinski definition) is 0. The number of aryl methyl sites for hydroxylation is 2. The Labute approximate surface area is 310 Å². The van der Waals surface area contributed by atoms with Crippen LogP contribution in [-0.4, -0.2) is 9.13 Å². The van der Waals surface area contributed by atoms with Crippen LogP contribution in [0.3, 0.4) is 0 Å². The lowest BCUT2D eigenvalue weighted by Crippen LogP contribution is -1.96. The second-order valence-corrected chi connectivity index (χ2v) is 15.9. The first-order valence-corrected chi connectivity index (χ1v) is 21.6. The minimum absolute atomic E-state index is 1.12. The van der Waals surface area contributed by atoms with E-state index in [0.717, 1.165) is 13.1 Å². The van der Waals surface area contributed by atoms with Crippen LogP contribution in [0.4, 0.5) is 0 Å². The molecule has 2 heteroatoms. The molecule has 0 N–H and O–H groups in total. The normalized spacial score (nSPS) is 12.1. The number of nitrogens with zero attached hydrogens (tertiary/aromatic N) is 2. The van der Waals surface area contributed by atoms with E-state index in [9.17, 15) is 0 Å². The number of rotatable bonds is 25. The molecule has 6 rings (SSSR count). The molecule has 0 amide bonds. The summed E-state index contributed by atoms with van der Waals surface area (Å²) in [6.45, 7) is 6.85. The van der Waals surface area contributed by atoms with Gasteiger partial charge < -0.3 is 9.13 Å². The third-order valence-corrected chi connectivity index (χ3v) is 11.9. The number of unbranched alkanes of at least 4 members (excludes halogenated alkanes) is 21. The molecule has 0 fully saturated rings. The maximum atomic E-state index is 2.49. The van der Waals surface area contributed by atoms with Gasteiger partial charge in [0.25, 0.3) is 0 Å². The van der Waals surface area contributed by atoms with Gasteiger partial charge in [0.2, 0.25) is 0 Å².